The van der Waals surface area contributed by atoms with Crippen molar-refractivity contribution in [3.8, 4) is 17.1 Å². The molecule has 0 aliphatic rings. The fraction of sp³-hybridized carbons (Fsp3) is 0.111. The van der Waals surface area contributed by atoms with Gasteiger partial charge in [0.05, 0.1) is 16.5 Å². The molecule has 0 atom stereocenters. The molecule has 1 heterocycles. The van der Waals surface area contributed by atoms with E-state index in [9.17, 15) is 14.0 Å². The molecule has 3 amide bonds. The van der Waals surface area contributed by atoms with Crippen LogP contribution in [0, 0.1) is 5.82 Å². The maximum Gasteiger partial charge on any atom is 0.321 e. The summed E-state index contributed by atoms with van der Waals surface area (Å²) in [6, 6.07) is 12.5. The van der Waals surface area contributed by atoms with Gasteiger partial charge >= 0.3 is 6.03 Å². The molecule has 7 nitrogen and oxygen atoms in total. The Balaban J connectivity index is 2.00. The molecule has 0 saturated heterocycles. The monoisotopic (exact) mass is 419 g/mol. The van der Waals surface area contributed by atoms with Crippen molar-refractivity contribution < 1.29 is 14.0 Å². The Labute approximate surface area is 169 Å². The van der Waals surface area contributed by atoms with E-state index in [-0.39, 0.29) is 16.6 Å². The SMILES string of the molecule is CNC(=O)NC(=O)CSc1nnc(-c2ccccc2Cl)n1-c1ccccc1F. The van der Waals surface area contributed by atoms with Crippen molar-refractivity contribution in [2.24, 2.45) is 0 Å². The Bertz CT molecular complexity index is 1030. The summed E-state index contributed by atoms with van der Waals surface area (Å²) in [6.45, 7) is 0. The summed E-state index contributed by atoms with van der Waals surface area (Å²) in [6.07, 6.45) is 0. The molecule has 3 rings (SSSR count). The van der Waals surface area contributed by atoms with E-state index in [1.807, 2.05) is 0 Å². The number of urea groups is 1. The lowest BCUT2D eigenvalue weighted by Crippen LogP contribution is -2.38. The van der Waals surface area contributed by atoms with Crippen LogP contribution < -0.4 is 10.6 Å². The van der Waals surface area contributed by atoms with E-state index in [2.05, 4.69) is 20.8 Å². The summed E-state index contributed by atoms with van der Waals surface area (Å²) < 4.78 is 16.0. The van der Waals surface area contributed by atoms with Gasteiger partial charge in [0, 0.05) is 12.6 Å². The molecule has 28 heavy (non-hydrogen) atoms. The maximum absolute atomic E-state index is 14.5. The molecule has 2 N–H and O–H groups in total. The minimum absolute atomic E-state index is 0.109. The van der Waals surface area contributed by atoms with Crippen LogP contribution in [-0.2, 0) is 4.79 Å². The zero-order valence-corrected chi connectivity index (χ0v) is 16.2. The van der Waals surface area contributed by atoms with Crippen molar-refractivity contribution in [3.63, 3.8) is 0 Å². The average molecular weight is 420 g/mol. The number of imide groups is 1. The van der Waals surface area contributed by atoms with Crippen LogP contribution in [0.1, 0.15) is 0 Å². The molecule has 10 heteroatoms. The van der Waals surface area contributed by atoms with Crippen LogP contribution in [-0.4, -0.2) is 39.5 Å². The van der Waals surface area contributed by atoms with Gasteiger partial charge in [0.1, 0.15) is 5.82 Å². The summed E-state index contributed by atoms with van der Waals surface area (Å²) in [4.78, 5) is 23.1. The topological polar surface area (TPSA) is 88.9 Å². The smallest absolute Gasteiger partial charge is 0.321 e. The molecule has 0 unspecified atom stereocenters. The third-order valence-electron chi connectivity index (χ3n) is 3.65. The lowest BCUT2D eigenvalue weighted by molar-refractivity contribution is -0.117. The first kappa shape index (κ1) is 19.8. The number of benzene rings is 2. The first-order valence-corrected chi connectivity index (χ1v) is 9.47. The predicted molar refractivity (Wildman–Crippen MR) is 105 cm³/mol. The lowest BCUT2D eigenvalue weighted by Gasteiger charge is -2.12. The Morgan fingerprint density at radius 2 is 1.86 bits per heavy atom. The van der Waals surface area contributed by atoms with Crippen LogP contribution in [0.2, 0.25) is 5.02 Å². The highest BCUT2D eigenvalue weighted by atomic mass is 35.5. The molecular weight excluding hydrogens is 405 g/mol. The van der Waals surface area contributed by atoms with Gasteiger partial charge in [0.15, 0.2) is 11.0 Å². The number of rotatable bonds is 5. The Morgan fingerprint density at radius 1 is 1.14 bits per heavy atom. The van der Waals surface area contributed by atoms with Crippen LogP contribution in [0.4, 0.5) is 9.18 Å². The molecule has 1 aromatic heterocycles. The van der Waals surface area contributed by atoms with E-state index in [1.165, 1.54) is 17.7 Å². The van der Waals surface area contributed by atoms with Gasteiger partial charge in [0.25, 0.3) is 0 Å². The van der Waals surface area contributed by atoms with Gasteiger partial charge in [-0.2, -0.15) is 0 Å². The summed E-state index contributed by atoms with van der Waals surface area (Å²) in [5.74, 6) is -0.772. The van der Waals surface area contributed by atoms with Crippen molar-refractivity contribution in [1.82, 2.24) is 25.4 Å². The van der Waals surface area contributed by atoms with Crippen molar-refractivity contribution >= 4 is 35.3 Å². The molecular formula is C18H15ClFN5O2S. The van der Waals surface area contributed by atoms with E-state index in [0.717, 1.165) is 11.8 Å². The third-order valence-corrected chi connectivity index (χ3v) is 4.91. The second-order valence-corrected chi connectivity index (χ2v) is 6.84. The number of halogens is 2. The van der Waals surface area contributed by atoms with E-state index in [1.54, 1.807) is 42.5 Å². The van der Waals surface area contributed by atoms with Gasteiger partial charge in [-0.15, -0.1) is 10.2 Å². The molecule has 0 aliphatic carbocycles. The molecule has 0 fully saturated rings. The number of carbonyl (C=O) groups is 2. The number of nitrogens with one attached hydrogen (secondary N) is 2. The zero-order valence-electron chi connectivity index (χ0n) is 14.6. The summed E-state index contributed by atoms with van der Waals surface area (Å²) in [5.41, 5.74) is 0.790. The Morgan fingerprint density at radius 3 is 2.57 bits per heavy atom. The van der Waals surface area contributed by atoms with Crippen LogP contribution >= 0.6 is 23.4 Å². The van der Waals surface area contributed by atoms with Gasteiger partial charge in [-0.05, 0) is 24.3 Å². The van der Waals surface area contributed by atoms with Crippen LogP contribution in [0.3, 0.4) is 0 Å². The normalized spacial score (nSPS) is 10.5. The van der Waals surface area contributed by atoms with Crippen molar-refractivity contribution in [3.05, 3.63) is 59.4 Å². The Kier molecular flexibility index (Phi) is 6.27. The van der Waals surface area contributed by atoms with Gasteiger partial charge < -0.3 is 5.32 Å². The summed E-state index contributed by atoms with van der Waals surface area (Å²) in [7, 11) is 1.40. The number of hydrogen-bond acceptors (Lipinski definition) is 5. The number of hydrogen-bond donors (Lipinski definition) is 2. The molecule has 0 radical (unpaired) electrons. The molecule has 0 bridgehead atoms. The molecule has 144 valence electrons. The van der Waals surface area contributed by atoms with Crippen molar-refractivity contribution in [2.75, 3.05) is 12.8 Å². The van der Waals surface area contributed by atoms with Gasteiger partial charge in [0.2, 0.25) is 5.91 Å². The second kappa shape index (κ2) is 8.85. The fourth-order valence-corrected chi connectivity index (χ4v) is 3.35. The van der Waals surface area contributed by atoms with Gasteiger partial charge in [-0.25, -0.2) is 9.18 Å². The largest absolute Gasteiger partial charge is 0.341 e. The number of amides is 3. The van der Waals surface area contributed by atoms with Gasteiger partial charge in [-0.3, -0.25) is 14.7 Å². The van der Waals surface area contributed by atoms with E-state index in [0.29, 0.717) is 16.4 Å². The van der Waals surface area contributed by atoms with E-state index >= 15 is 0 Å². The van der Waals surface area contributed by atoms with Crippen molar-refractivity contribution in [1.29, 1.82) is 0 Å². The minimum atomic E-state index is -0.613. The molecule has 0 spiro atoms. The average Bonchev–Trinajstić information content (AvgIpc) is 3.10. The number of aromatic nitrogens is 3. The predicted octanol–water partition coefficient (Wildman–Crippen LogP) is 3.27. The standard InChI is InChI=1S/C18H15ClFN5O2S/c1-21-17(27)22-15(26)10-28-18-24-23-16(11-6-2-3-7-12(11)19)25(18)14-9-5-4-8-13(14)20/h2-9H,10H2,1H3,(H2,21,22,26,27). The minimum Gasteiger partial charge on any atom is -0.341 e. The number of para-hydroxylation sites is 1. The molecule has 0 aliphatic heterocycles. The maximum atomic E-state index is 14.5. The highest BCUT2D eigenvalue weighted by Gasteiger charge is 2.21. The van der Waals surface area contributed by atoms with Crippen LogP contribution in [0.15, 0.2) is 53.7 Å². The fourth-order valence-electron chi connectivity index (χ4n) is 2.39. The first-order valence-electron chi connectivity index (χ1n) is 8.11. The van der Waals surface area contributed by atoms with Crippen LogP contribution in [0.5, 0.6) is 0 Å². The number of thioether (sulfide) groups is 1. The third kappa shape index (κ3) is 4.32. The van der Waals surface area contributed by atoms with Crippen molar-refractivity contribution in [2.45, 2.75) is 5.16 Å². The number of carbonyl (C=O) groups excluding carboxylic acids is 2. The molecule has 3 aromatic rings. The van der Waals surface area contributed by atoms with E-state index < -0.39 is 17.8 Å². The zero-order chi connectivity index (χ0) is 20.1. The van der Waals surface area contributed by atoms with Crippen LogP contribution in [0.25, 0.3) is 17.1 Å². The first-order chi connectivity index (χ1) is 13.5. The highest BCUT2D eigenvalue weighted by Crippen LogP contribution is 2.32. The second-order valence-electron chi connectivity index (χ2n) is 5.49. The Hall–Kier alpha value is -2.91. The molecule has 0 saturated carbocycles. The lowest BCUT2D eigenvalue weighted by atomic mass is 10.2. The quantitative estimate of drug-likeness (QED) is 0.619. The molecule has 2 aromatic carbocycles. The highest BCUT2D eigenvalue weighted by molar-refractivity contribution is 7.99. The van der Waals surface area contributed by atoms with Gasteiger partial charge in [-0.1, -0.05) is 47.6 Å². The summed E-state index contributed by atoms with van der Waals surface area (Å²) >= 11 is 7.30. The number of nitrogens with zero attached hydrogens (tertiary/aromatic N) is 3. The van der Waals surface area contributed by atoms with E-state index in [4.69, 9.17) is 11.6 Å². The summed E-state index contributed by atoms with van der Waals surface area (Å²) in [5, 5.41) is 13.4.